The molecular weight excluding hydrogens is 131 g/mol. The van der Waals surface area contributed by atoms with Crippen molar-refractivity contribution in [2.75, 3.05) is 6.61 Å². The summed E-state index contributed by atoms with van der Waals surface area (Å²) in [4.78, 5) is 0. The van der Waals surface area contributed by atoms with Crippen LogP contribution in [0.3, 0.4) is 0 Å². The quantitative estimate of drug-likeness (QED) is 0.363. The molecule has 0 radical (unpaired) electrons. The van der Waals surface area contributed by atoms with Gasteiger partial charge >= 0.3 is 29.6 Å². The van der Waals surface area contributed by atoms with Crippen molar-refractivity contribution in [3.05, 3.63) is 0 Å². The van der Waals surface area contributed by atoms with E-state index in [-0.39, 0.29) is 47.7 Å². The van der Waals surface area contributed by atoms with Crippen LogP contribution in [-0.2, 0) is 0 Å². The minimum Gasteiger partial charge on any atom is -0.870 e. The Kier molecular flexibility index (Phi) is 58.0. The van der Waals surface area contributed by atoms with E-state index >= 15 is 0 Å². The fourth-order valence-electron chi connectivity index (χ4n) is 0. The van der Waals surface area contributed by atoms with Gasteiger partial charge < -0.3 is 15.7 Å². The average Bonchev–Trinajstić information content (AvgIpc) is 1.33. The first-order chi connectivity index (χ1) is 3.15. The molecule has 0 bridgehead atoms. The molecule has 4 heteroatoms. The Morgan fingerprint density at radius 1 is 1.33 bits per heavy atom. The first kappa shape index (κ1) is 22.5. The summed E-state index contributed by atoms with van der Waals surface area (Å²) in [6.07, 6.45) is -0.167. The van der Waals surface area contributed by atoms with Crippen LogP contribution in [0.15, 0.2) is 0 Å². The molecule has 3 N–H and O–H groups in total. The monoisotopic (exact) mass is 146 g/mol. The fourth-order valence-corrected chi connectivity index (χ4v) is 0. The molecule has 0 aromatic carbocycles. The summed E-state index contributed by atoms with van der Waals surface area (Å²) in [5.74, 6) is 0. The fraction of sp³-hybridized carbons (Fsp3) is 1.00. The Hall–Kier alpha value is 0.880. The molecule has 0 amide bonds. The molecule has 9 heavy (non-hydrogen) atoms. The maximum atomic E-state index is 8.06. The van der Waals surface area contributed by atoms with Crippen LogP contribution < -0.4 is 29.6 Å². The number of hydrogen-bond acceptors (Lipinski definition) is 3. The standard InChI is InChI=1S/C3H8O.C2H6O.Na.H2O/c1-3(2)4;1-2-3;;/h3-4H,1-2H3;3H,2H2,1H3;;1H2/q;;+1;/p-1. The van der Waals surface area contributed by atoms with Crippen molar-refractivity contribution in [1.29, 1.82) is 0 Å². The third-order valence-corrected chi connectivity index (χ3v) is 0. The number of aliphatic hydroxyl groups excluding tert-OH is 2. The molecule has 54 valence electrons. The van der Waals surface area contributed by atoms with Gasteiger partial charge in [0.15, 0.2) is 0 Å². The van der Waals surface area contributed by atoms with Crippen molar-refractivity contribution in [1.82, 2.24) is 0 Å². The smallest absolute Gasteiger partial charge is 0.870 e. The van der Waals surface area contributed by atoms with Crippen molar-refractivity contribution in [3.63, 3.8) is 0 Å². The molecule has 0 aliphatic heterocycles. The van der Waals surface area contributed by atoms with E-state index in [1.54, 1.807) is 20.8 Å². The molecule has 0 heterocycles. The SMILES string of the molecule is CC(C)O.CCO.[Na+].[OH-]. The Labute approximate surface area is 78.7 Å². The van der Waals surface area contributed by atoms with Gasteiger partial charge in [-0.1, -0.05) is 0 Å². The van der Waals surface area contributed by atoms with Gasteiger partial charge in [-0.15, -0.1) is 0 Å². The zero-order valence-corrected chi connectivity index (χ0v) is 8.63. The van der Waals surface area contributed by atoms with Crippen molar-refractivity contribution in [2.45, 2.75) is 26.9 Å². The summed E-state index contributed by atoms with van der Waals surface area (Å²) in [7, 11) is 0. The second-order valence-corrected chi connectivity index (χ2v) is 1.41. The van der Waals surface area contributed by atoms with Crippen molar-refractivity contribution < 1.29 is 45.2 Å². The zero-order valence-electron chi connectivity index (χ0n) is 6.63. The number of rotatable bonds is 0. The van der Waals surface area contributed by atoms with E-state index in [1.165, 1.54) is 0 Å². The van der Waals surface area contributed by atoms with Crippen LogP contribution in [0.2, 0.25) is 0 Å². The van der Waals surface area contributed by atoms with Crippen LogP contribution in [0.25, 0.3) is 0 Å². The molecule has 0 atom stereocenters. The van der Waals surface area contributed by atoms with Crippen LogP contribution in [-0.4, -0.2) is 28.4 Å². The molecule has 0 unspecified atom stereocenters. The molecule has 0 aliphatic carbocycles. The Morgan fingerprint density at radius 3 is 1.33 bits per heavy atom. The minimum absolute atomic E-state index is 0. The number of hydrogen-bond donors (Lipinski definition) is 2. The summed E-state index contributed by atoms with van der Waals surface area (Å²) < 4.78 is 0. The van der Waals surface area contributed by atoms with E-state index in [0.717, 1.165) is 0 Å². The van der Waals surface area contributed by atoms with Gasteiger partial charge in [0.05, 0.1) is 0 Å². The van der Waals surface area contributed by atoms with Gasteiger partial charge in [-0.25, -0.2) is 0 Å². The third-order valence-electron chi connectivity index (χ3n) is 0. The van der Waals surface area contributed by atoms with E-state index in [9.17, 15) is 0 Å². The molecule has 0 rings (SSSR count). The molecule has 0 saturated heterocycles. The molecular formula is C5H15NaO3. The molecule has 0 aliphatic rings. The topological polar surface area (TPSA) is 70.5 Å². The molecule has 3 nitrogen and oxygen atoms in total. The summed E-state index contributed by atoms with van der Waals surface area (Å²) in [5, 5.41) is 15.6. The van der Waals surface area contributed by atoms with E-state index in [1.807, 2.05) is 0 Å². The largest absolute Gasteiger partial charge is 1.00 e. The zero-order chi connectivity index (χ0) is 6.28. The first-order valence-corrected chi connectivity index (χ1v) is 2.44. The van der Waals surface area contributed by atoms with Gasteiger partial charge in [-0.05, 0) is 20.8 Å². The Balaban J connectivity index is -0.0000000233. The second-order valence-electron chi connectivity index (χ2n) is 1.41. The number of aliphatic hydroxyl groups is 2. The summed E-state index contributed by atoms with van der Waals surface area (Å²) >= 11 is 0. The molecule has 0 aromatic heterocycles. The van der Waals surface area contributed by atoms with Crippen LogP contribution in [0.1, 0.15) is 20.8 Å². The average molecular weight is 146 g/mol. The molecule has 0 aromatic rings. The van der Waals surface area contributed by atoms with Gasteiger partial charge in [-0.2, -0.15) is 0 Å². The van der Waals surface area contributed by atoms with Crippen molar-refractivity contribution in [2.24, 2.45) is 0 Å². The third kappa shape index (κ3) is 543. The van der Waals surface area contributed by atoms with E-state index in [0.29, 0.717) is 0 Å². The molecule has 0 saturated carbocycles. The maximum absolute atomic E-state index is 8.06. The van der Waals surface area contributed by atoms with Crippen LogP contribution in [0, 0.1) is 0 Å². The maximum Gasteiger partial charge on any atom is 1.00 e. The van der Waals surface area contributed by atoms with Gasteiger partial charge in [-0.3, -0.25) is 0 Å². The van der Waals surface area contributed by atoms with Crippen LogP contribution in [0.5, 0.6) is 0 Å². The minimum atomic E-state index is -0.167. The van der Waals surface area contributed by atoms with Crippen LogP contribution >= 0.6 is 0 Å². The summed E-state index contributed by atoms with van der Waals surface area (Å²) in [6.45, 7) is 5.38. The van der Waals surface area contributed by atoms with Crippen molar-refractivity contribution in [3.8, 4) is 0 Å². The van der Waals surface area contributed by atoms with E-state index < -0.39 is 0 Å². The second kappa shape index (κ2) is 23.2. The summed E-state index contributed by atoms with van der Waals surface area (Å²) in [6, 6.07) is 0. The summed E-state index contributed by atoms with van der Waals surface area (Å²) in [5.41, 5.74) is 0. The predicted molar refractivity (Wildman–Crippen MR) is 32.1 cm³/mol. The Morgan fingerprint density at radius 2 is 1.33 bits per heavy atom. The van der Waals surface area contributed by atoms with E-state index in [2.05, 4.69) is 0 Å². The van der Waals surface area contributed by atoms with Gasteiger partial charge in [0.2, 0.25) is 0 Å². The molecule has 0 fully saturated rings. The van der Waals surface area contributed by atoms with Gasteiger partial charge in [0.1, 0.15) is 0 Å². The van der Waals surface area contributed by atoms with Gasteiger partial charge in [0, 0.05) is 12.7 Å². The molecule has 0 spiro atoms. The van der Waals surface area contributed by atoms with Gasteiger partial charge in [0.25, 0.3) is 0 Å². The van der Waals surface area contributed by atoms with Crippen molar-refractivity contribution >= 4 is 0 Å². The van der Waals surface area contributed by atoms with E-state index in [4.69, 9.17) is 10.2 Å². The first-order valence-electron chi connectivity index (χ1n) is 2.44. The normalized spacial score (nSPS) is 6.00. The van der Waals surface area contributed by atoms with Crippen LogP contribution in [0.4, 0.5) is 0 Å². The predicted octanol–water partition coefficient (Wildman–Crippen LogP) is -2.79. The Bertz CT molecular complexity index is 23.4.